The molecule has 0 unspecified atom stereocenters. The number of aryl methyl sites for hydroxylation is 1. The summed E-state index contributed by atoms with van der Waals surface area (Å²) in [6.45, 7) is 6.39. The van der Waals surface area contributed by atoms with Gasteiger partial charge in [-0.25, -0.2) is 0 Å². The van der Waals surface area contributed by atoms with Crippen molar-refractivity contribution < 1.29 is 19.1 Å². The summed E-state index contributed by atoms with van der Waals surface area (Å²) in [6.07, 6.45) is 7.31. The van der Waals surface area contributed by atoms with Crippen LogP contribution in [0.2, 0.25) is 0 Å². The minimum Gasteiger partial charge on any atom is -0.385 e. The van der Waals surface area contributed by atoms with E-state index >= 15 is 0 Å². The molecule has 3 fully saturated rings. The number of nitrogens with one attached hydrogen (secondary N) is 2. The molecule has 212 valence electrons. The van der Waals surface area contributed by atoms with Crippen molar-refractivity contribution in [2.75, 3.05) is 39.9 Å². The lowest BCUT2D eigenvalue weighted by Gasteiger charge is -2.35. The van der Waals surface area contributed by atoms with Gasteiger partial charge in [0.1, 0.15) is 0 Å². The second kappa shape index (κ2) is 12.5. The van der Waals surface area contributed by atoms with Gasteiger partial charge in [0.25, 0.3) is 0 Å². The third kappa shape index (κ3) is 6.64. The molecule has 9 nitrogen and oxygen atoms in total. The molecular weight excluding hydrogens is 494 g/mol. The Labute approximate surface area is 231 Å². The monoisotopic (exact) mass is 537 g/mol. The van der Waals surface area contributed by atoms with E-state index in [0.717, 1.165) is 32.4 Å². The number of aromatic nitrogens is 1. The summed E-state index contributed by atoms with van der Waals surface area (Å²) in [7, 11) is 1.73. The first-order chi connectivity index (χ1) is 18.9. The topological polar surface area (TPSA) is 95.9 Å². The van der Waals surface area contributed by atoms with Crippen molar-refractivity contribution in [2.24, 2.45) is 11.8 Å². The number of amides is 3. The number of hydrogen-bond donors (Lipinski definition) is 2. The van der Waals surface area contributed by atoms with E-state index < -0.39 is 0 Å². The molecule has 3 amide bonds. The van der Waals surface area contributed by atoms with Gasteiger partial charge in [-0.2, -0.15) is 0 Å². The molecular formula is C30H43N5O4. The minimum absolute atomic E-state index is 0.0541. The molecule has 0 radical (unpaired) electrons. The van der Waals surface area contributed by atoms with Crippen molar-refractivity contribution in [1.29, 1.82) is 0 Å². The number of carbonyl (C=O) groups is 3. The number of rotatable bonds is 10. The Kier molecular flexibility index (Phi) is 8.87. The van der Waals surface area contributed by atoms with Gasteiger partial charge in [0, 0.05) is 95.0 Å². The van der Waals surface area contributed by atoms with Crippen LogP contribution < -0.4 is 10.6 Å². The maximum atomic E-state index is 13.9. The van der Waals surface area contributed by atoms with E-state index in [0.29, 0.717) is 58.0 Å². The number of para-hydroxylation sites is 1. The van der Waals surface area contributed by atoms with Crippen molar-refractivity contribution in [3.05, 3.63) is 36.0 Å². The molecule has 0 bridgehead atoms. The molecule has 3 aliphatic rings. The Balaban J connectivity index is 1.22. The first-order valence-corrected chi connectivity index (χ1v) is 14.6. The van der Waals surface area contributed by atoms with E-state index in [1.165, 1.54) is 16.5 Å². The van der Waals surface area contributed by atoms with Crippen LogP contribution in [0.25, 0.3) is 10.9 Å². The molecule has 1 aliphatic carbocycles. The molecule has 2 aromatic rings. The first kappa shape index (κ1) is 27.6. The highest BCUT2D eigenvalue weighted by molar-refractivity contribution is 5.85. The Morgan fingerprint density at radius 2 is 1.85 bits per heavy atom. The van der Waals surface area contributed by atoms with Gasteiger partial charge in [-0.1, -0.05) is 18.2 Å². The number of likely N-dealkylation sites (tertiary alicyclic amines) is 1. The molecule has 1 aromatic carbocycles. The van der Waals surface area contributed by atoms with E-state index in [1.807, 2.05) is 4.90 Å². The third-order valence-corrected chi connectivity index (χ3v) is 8.59. The third-order valence-electron chi connectivity index (χ3n) is 8.59. The summed E-state index contributed by atoms with van der Waals surface area (Å²) in [5.41, 5.74) is 2.39. The van der Waals surface area contributed by atoms with Crippen molar-refractivity contribution in [3.63, 3.8) is 0 Å². The molecule has 2 atom stereocenters. The van der Waals surface area contributed by atoms with Gasteiger partial charge < -0.3 is 29.7 Å². The van der Waals surface area contributed by atoms with Gasteiger partial charge in [0.05, 0.1) is 5.92 Å². The van der Waals surface area contributed by atoms with Crippen LogP contribution in [0.5, 0.6) is 0 Å². The number of hydrogen-bond acceptors (Lipinski definition) is 5. The largest absolute Gasteiger partial charge is 0.385 e. The normalized spacial score (nSPS) is 22.2. The second-order valence-electron chi connectivity index (χ2n) is 11.5. The van der Waals surface area contributed by atoms with Gasteiger partial charge >= 0.3 is 0 Å². The van der Waals surface area contributed by atoms with E-state index in [4.69, 9.17) is 4.74 Å². The summed E-state index contributed by atoms with van der Waals surface area (Å²) in [4.78, 5) is 42.4. The van der Waals surface area contributed by atoms with Crippen LogP contribution in [0.1, 0.15) is 51.0 Å². The molecule has 3 heterocycles. The fourth-order valence-electron chi connectivity index (χ4n) is 6.22. The molecule has 2 saturated heterocycles. The van der Waals surface area contributed by atoms with Gasteiger partial charge in [-0.15, -0.1) is 0 Å². The van der Waals surface area contributed by atoms with Crippen LogP contribution >= 0.6 is 0 Å². The minimum atomic E-state index is -0.153. The number of ether oxygens (including phenoxy) is 1. The van der Waals surface area contributed by atoms with Crippen molar-refractivity contribution in [1.82, 2.24) is 25.0 Å². The highest BCUT2D eigenvalue weighted by atomic mass is 16.5. The molecule has 5 rings (SSSR count). The Bertz CT molecular complexity index is 1170. The molecule has 39 heavy (non-hydrogen) atoms. The van der Waals surface area contributed by atoms with Crippen molar-refractivity contribution >= 4 is 28.6 Å². The van der Waals surface area contributed by atoms with Crippen molar-refractivity contribution in [2.45, 2.75) is 70.6 Å². The maximum absolute atomic E-state index is 13.9. The number of benzene rings is 1. The summed E-state index contributed by atoms with van der Waals surface area (Å²) in [6, 6.07) is 8.68. The van der Waals surface area contributed by atoms with Gasteiger partial charge in [-0.05, 0) is 50.2 Å². The van der Waals surface area contributed by atoms with Gasteiger partial charge in [0.15, 0.2) is 0 Å². The molecule has 1 saturated carbocycles. The molecule has 9 heteroatoms. The fraction of sp³-hybridized carbons (Fsp3) is 0.633. The lowest BCUT2D eigenvalue weighted by molar-refractivity contribution is -0.138. The number of methoxy groups -OCH3 is 1. The van der Waals surface area contributed by atoms with E-state index in [1.54, 1.807) is 14.0 Å². The fourth-order valence-corrected chi connectivity index (χ4v) is 6.22. The molecule has 2 N–H and O–H groups in total. The average molecular weight is 538 g/mol. The van der Waals surface area contributed by atoms with E-state index in [-0.39, 0.29) is 35.6 Å². The standard InChI is InChI=1S/C30H43N5O4/c1-21(36)33-13-10-22(11-14-33)29(37)32-25-16-23(17-31-18-25)30(38)35(26-8-9-26)20-24-19-34(12-5-15-39-2)28-7-4-3-6-27(24)28/h3-4,6-7,19,22-23,25-26,31H,5,8-18,20H2,1-2H3,(H,32,37)/t23-,25+/m0/s1. The lowest BCUT2D eigenvalue weighted by atomic mass is 9.92. The molecule has 0 spiro atoms. The Morgan fingerprint density at radius 3 is 2.56 bits per heavy atom. The number of piperidine rings is 2. The summed E-state index contributed by atoms with van der Waals surface area (Å²) in [5, 5.41) is 7.82. The van der Waals surface area contributed by atoms with Gasteiger partial charge in [0.2, 0.25) is 17.7 Å². The maximum Gasteiger partial charge on any atom is 0.227 e. The van der Waals surface area contributed by atoms with Crippen LogP contribution in [-0.4, -0.2) is 84.1 Å². The van der Waals surface area contributed by atoms with Crippen LogP contribution in [0.4, 0.5) is 0 Å². The Hall–Kier alpha value is -2.91. The first-order valence-electron chi connectivity index (χ1n) is 14.6. The molecule has 2 aliphatic heterocycles. The summed E-state index contributed by atoms with van der Waals surface area (Å²) < 4.78 is 7.54. The molecule has 1 aromatic heterocycles. The van der Waals surface area contributed by atoms with E-state index in [2.05, 4.69) is 50.6 Å². The summed E-state index contributed by atoms with van der Waals surface area (Å²) in [5.74, 6) is 0.0936. The SMILES string of the molecule is COCCCn1cc(CN(C(=O)[C@@H]2CNC[C@H](NC(=O)C3CCN(C(C)=O)CC3)C2)C2CC2)c2ccccc21. The zero-order valence-corrected chi connectivity index (χ0v) is 23.4. The zero-order valence-electron chi connectivity index (χ0n) is 23.4. The predicted molar refractivity (Wildman–Crippen MR) is 150 cm³/mol. The van der Waals surface area contributed by atoms with Gasteiger partial charge in [-0.3, -0.25) is 14.4 Å². The number of nitrogens with zero attached hydrogens (tertiary/aromatic N) is 3. The average Bonchev–Trinajstić information content (AvgIpc) is 3.74. The Morgan fingerprint density at radius 1 is 1.08 bits per heavy atom. The zero-order chi connectivity index (χ0) is 27.4. The highest BCUT2D eigenvalue weighted by Crippen LogP contribution is 2.33. The van der Waals surface area contributed by atoms with Crippen LogP contribution in [-0.2, 0) is 32.2 Å². The smallest absolute Gasteiger partial charge is 0.227 e. The lowest BCUT2D eigenvalue weighted by Crippen LogP contribution is -2.54. The van der Waals surface area contributed by atoms with E-state index in [9.17, 15) is 14.4 Å². The van der Waals surface area contributed by atoms with Crippen LogP contribution in [0.3, 0.4) is 0 Å². The number of fused-ring (bicyclic) bond motifs is 1. The quantitative estimate of drug-likeness (QED) is 0.454. The van der Waals surface area contributed by atoms with Crippen LogP contribution in [0, 0.1) is 11.8 Å². The van der Waals surface area contributed by atoms with Crippen molar-refractivity contribution in [3.8, 4) is 0 Å². The van der Waals surface area contributed by atoms with Crippen LogP contribution in [0.15, 0.2) is 30.5 Å². The predicted octanol–water partition coefficient (Wildman–Crippen LogP) is 2.52. The highest BCUT2D eigenvalue weighted by Gasteiger charge is 2.38. The second-order valence-corrected chi connectivity index (χ2v) is 11.5. The number of carbonyl (C=O) groups excluding carboxylic acids is 3. The summed E-state index contributed by atoms with van der Waals surface area (Å²) >= 11 is 0.